The molecule has 2 aliphatic carbocycles. The Bertz CT molecular complexity index is 424. The van der Waals surface area contributed by atoms with Gasteiger partial charge in [0.25, 0.3) is 0 Å². The summed E-state index contributed by atoms with van der Waals surface area (Å²) in [6, 6.07) is 8.09. The minimum absolute atomic E-state index is 0. The Balaban J connectivity index is 0.000000377. The molecule has 2 heteroatoms. The van der Waals surface area contributed by atoms with E-state index >= 15 is 0 Å². The molecule has 0 heterocycles. The van der Waals surface area contributed by atoms with Crippen molar-refractivity contribution in [1.29, 1.82) is 0 Å². The Kier molecular flexibility index (Phi) is 7.74. The van der Waals surface area contributed by atoms with Crippen LogP contribution < -0.4 is 0 Å². The number of nitrogens with zero attached hydrogens (tertiary/aromatic N) is 1. The zero-order valence-corrected chi connectivity index (χ0v) is 13.4. The van der Waals surface area contributed by atoms with E-state index in [9.17, 15) is 0 Å². The van der Waals surface area contributed by atoms with Crippen molar-refractivity contribution in [1.82, 2.24) is 4.90 Å². The molecule has 21 heavy (non-hydrogen) atoms. The van der Waals surface area contributed by atoms with E-state index in [-0.39, 0.29) is 23.1 Å². The van der Waals surface area contributed by atoms with Gasteiger partial charge >= 0.3 is 0 Å². The van der Waals surface area contributed by atoms with Crippen LogP contribution >= 0.6 is 0 Å². The minimum Gasteiger partial charge on any atom is -0.302 e. The summed E-state index contributed by atoms with van der Waals surface area (Å²) in [5.74, 6) is 1.01. The predicted molar refractivity (Wildman–Crippen MR) is 84.8 cm³/mol. The average Bonchev–Trinajstić information content (AvgIpc) is 3.17. The summed E-state index contributed by atoms with van der Waals surface area (Å²) >= 11 is 0. The van der Waals surface area contributed by atoms with E-state index in [1.165, 1.54) is 0 Å². The number of hydrogen-bond donors (Lipinski definition) is 0. The Morgan fingerprint density at radius 2 is 1.48 bits per heavy atom. The maximum Gasteiger partial charge on any atom is 0.0623 e. The smallest absolute Gasteiger partial charge is 0.0623 e. The van der Waals surface area contributed by atoms with Crippen LogP contribution in [0.5, 0.6) is 0 Å². The summed E-state index contributed by atoms with van der Waals surface area (Å²) in [4.78, 5) is 2.09. The summed E-state index contributed by atoms with van der Waals surface area (Å²) in [5, 5.41) is 0. The quantitative estimate of drug-likeness (QED) is 0.767. The van der Waals surface area contributed by atoms with Gasteiger partial charge in [-0.3, -0.25) is 0 Å². The van der Waals surface area contributed by atoms with Gasteiger partial charge in [-0.2, -0.15) is 0 Å². The zero-order chi connectivity index (χ0) is 15.9. The SMILES string of the molecule is [2H][C]1[CH][CH][CH][C]1[C@@H](c1ccc([2H])cc1)N(C)C.[CH]1[CH][CH][CH][CH]1.[Fe]. The van der Waals surface area contributed by atoms with Gasteiger partial charge in [0, 0.05) is 30.4 Å². The monoisotopic (exact) mass is 321 g/mol. The van der Waals surface area contributed by atoms with Crippen LogP contribution in [0.25, 0.3) is 0 Å². The van der Waals surface area contributed by atoms with Gasteiger partial charge in [0.2, 0.25) is 0 Å². The third-order valence-corrected chi connectivity index (χ3v) is 3.05. The van der Waals surface area contributed by atoms with E-state index in [1.807, 2.05) is 77.6 Å². The second-order valence-corrected chi connectivity index (χ2v) is 4.79. The molecule has 0 aromatic heterocycles. The van der Waals surface area contributed by atoms with Crippen LogP contribution in [0.3, 0.4) is 0 Å². The van der Waals surface area contributed by atoms with Crippen molar-refractivity contribution in [2.45, 2.75) is 6.04 Å². The average molecular weight is 321 g/mol. The molecule has 110 valence electrons. The first-order valence-corrected chi connectivity index (χ1v) is 6.71. The molecule has 10 radical (unpaired) electrons. The van der Waals surface area contributed by atoms with Crippen molar-refractivity contribution < 1.29 is 19.8 Å². The van der Waals surface area contributed by atoms with Crippen LogP contribution in [-0.2, 0) is 17.1 Å². The number of rotatable bonds is 3. The van der Waals surface area contributed by atoms with Crippen LogP contribution in [-0.4, -0.2) is 19.0 Å². The van der Waals surface area contributed by atoms with Gasteiger partial charge in [0.15, 0.2) is 0 Å². The normalized spacial score (nSPS) is 22.0. The zero-order valence-electron chi connectivity index (χ0n) is 14.3. The van der Waals surface area contributed by atoms with Crippen LogP contribution in [0.2, 0.25) is 0 Å². The third-order valence-electron chi connectivity index (χ3n) is 3.05. The first kappa shape index (κ1) is 15.6. The van der Waals surface area contributed by atoms with Gasteiger partial charge in [-0.1, -0.05) is 30.3 Å². The largest absolute Gasteiger partial charge is 0.302 e. The first-order chi connectivity index (χ1) is 10.6. The van der Waals surface area contributed by atoms with Crippen LogP contribution in [0, 0.1) is 63.7 Å². The third kappa shape index (κ3) is 6.14. The molecule has 0 N–H and O–H groups in total. The summed E-state index contributed by atoms with van der Waals surface area (Å²) < 4.78 is 15.4. The van der Waals surface area contributed by atoms with Gasteiger partial charge in [-0.15, -0.1) is 0 Å². The van der Waals surface area contributed by atoms with Crippen LogP contribution in [0.4, 0.5) is 0 Å². The van der Waals surface area contributed by atoms with Crippen molar-refractivity contribution in [2.24, 2.45) is 0 Å². The fourth-order valence-corrected chi connectivity index (χ4v) is 2.17. The fraction of sp³-hybridized carbons (Fsp3) is 0.158. The van der Waals surface area contributed by atoms with E-state index in [4.69, 9.17) is 2.74 Å². The second-order valence-electron chi connectivity index (χ2n) is 4.79. The Labute approximate surface area is 144 Å². The molecule has 0 saturated heterocycles. The van der Waals surface area contributed by atoms with E-state index in [1.54, 1.807) is 12.1 Å². The fourth-order valence-electron chi connectivity index (χ4n) is 2.17. The standard InChI is InChI=1S/C14H16N.C5H5.Fe/c1-15(2)14(13-10-6-7-11-13)12-8-4-3-5-9-12;1-2-4-5-3-1;/h3-11,14H,1-2H3;1-5H;/t14-;;/m1../s1/i3D,10D;;. The first-order valence-electron chi connectivity index (χ1n) is 7.71. The Morgan fingerprint density at radius 1 is 0.905 bits per heavy atom. The summed E-state index contributed by atoms with van der Waals surface area (Å²) in [6.45, 7) is 0. The van der Waals surface area contributed by atoms with E-state index in [2.05, 4.69) is 4.90 Å². The summed E-state index contributed by atoms with van der Waals surface area (Å²) in [5.41, 5.74) is 1.12. The van der Waals surface area contributed by atoms with E-state index < -0.39 is 0 Å². The van der Waals surface area contributed by atoms with Crippen molar-refractivity contribution in [3.05, 3.63) is 99.6 Å². The molecule has 2 aliphatic rings. The number of benzene rings is 1. The van der Waals surface area contributed by atoms with Gasteiger partial charge in [0.1, 0.15) is 0 Å². The van der Waals surface area contributed by atoms with E-state index in [0.717, 1.165) is 11.5 Å². The van der Waals surface area contributed by atoms with Gasteiger partial charge in [-0.25, -0.2) is 0 Å². The maximum atomic E-state index is 7.90. The molecule has 2 fully saturated rings. The Hall–Kier alpha value is -0.301. The van der Waals surface area contributed by atoms with Gasteiger partial charge in [-0.05, 0) is 77.4 Å². The molecular weight excluding hydrogens is 298 g/mol. The summed E-state index contributed by atoms with van der Waals surface area (Å²) in [6.07, 6.45) is 16.3. The molecule has 3 rings (SSSR count). The second kappa shape index (κ2) is 10.4. The molecule has 1 atom stereocenters. The molecule has 1 aromatic rings. The van der Waals surface area contributed by atoms with Crippen molar-refractivity contribution >= 4 is 0 Å². The molecule has 1 aromatic carbocycles. The van der Waals surface area contributed by atoms with Crippen LogP contribution in [0.1, 0.15) is 14.3 Å². The van der Waals surface area contributed by atoms with E-state index in [0.29, 0.717) is 12.4 Å². The van der Waals surface area contributed by atoms with Crippen molar-refractivity contribution in [3.63, 3.8) is 0 Å². The van der Waals surface area contributed by atoms with Gasteiger partial charge < -0.3 is 4.90 Å². The minimum atomic E-state index is 0. The van der Waals surface area contributed by atoms with Crippen molar-refractivity contribution in [3.8, 4) is 0 Å². The maximum absolute atomic E-state index is 7.90. The molecule has 2 saturated carbocycles. The molecule has 0 unspecified atom stereocenters. The number of hydrogen-bond acceptors (Lipinski definition) is 1. The molecule has 1 nitrogen and oxygen atoms in total. The summed E-state index contributed by atoms with van der Waals surface area (Å²) in [7, 11) is 4.01. The van der Waals surface area contributed by atoms with Crippen molar-refractivity contribution in [2.75, 3.05) is 14.1 Å². The molecular formula is C19H21FeN. The van der Waals surface area contributed by atoms with Crippen LogP contribution in [0.15, 0.2) is 30.3 Å². The topological polar surface area (TPSA) is 3.24 Å². The Morgan fingerprint density at radius 3 is 1.90 bits per heavy atom. The predicted octanol–water partition coefficient (Wildman–Crippen LogP) is 3.71. The molecule has 0 aliphatic heterocycles. The molecule has 0 spiro atoms. The molecule has 0 amide bonds. The van der Waals surface area contributed by atoms with Gasteiger partial charge in [0.05, 0.1) is 1.37 Å². The molecule has 0 bridgehead atoms.